The highest BCUT2D eigenvalue weighted by Crippen LogP contribution is 2.33. The minimum absolute atomic E-state index is 0.0860. The smallest absolute Gasteiger partial charge is 0.267 e. The van der Waals surface area contributed by atoms with Gasteiger partial charge in [0.15, 0.2) is 0 Å². The van der Waals surface area contributed by atoms with Crippen LogP contribution in [-0.4, -0.2) is 17.5 Å². The molecule has 3 rings (SSSR count). The number of carbonyl (C=O) groups excluding carboxylic acids is 2. The molecule has 5 nitrogen and oxygen atoms in total. The Morgan fingerprint density at radius 3 is 3.11 bits per heavy atom. The normalized spacial score (nSPS) is 22.2. The molecule has 0 fully saturated rings. The Morgan fingerprint density at radius 1 is 1.42 bits per heavy atom. The van der Waals surface area contributed by atoms with Crippen LogP contribution in [0.4, 0.5) is 0 Å². The molecule has 19 heavy (non-hydrogen) atoms. The third-order valence-electron chi connectivity index (χ3n) is 3.52. The van der Waals surface area contributed by atoms with E-state index in [-0.39, 0.29) is 17.9 Å². The number of carbonyl (C=O) groups is 2. The van der Waals surface area contributed by atoms with E-state index >= 15 is 0 Å². The van der Waals surface area contributed by atoms with Crippen LogP contribution < -0.4 is 10.7 Å². The van der Waals surface area contributed by atoms with Crippen LogP contribution >= 0.6 is 11.3 Å². The van der Waals surface area contributed by atoms with Crippen LogP contribution in [0.2, 0.25) is 0 Å². The summed E-state index contributed by atoms with van der Waals surface area (Å²) < 4.78 is 0. The summed E-state index contributed by atoms with van der Waals surface area (Å²) in [4.78, 5) is 24.5. The van der Waals surface area contributed by atoms with Gasteiger partial charge in [-0.3, -0.25) is 9.59 Å². The molecule has 0 aromatic carbocycles. The first-order valence-electron chi connectivity index (χ1n) is 6.46. The van der Waals surface area contributed by atoms with Gasteiger partial charge in [0.1, 0.15) is 5.71 Å². The maximum absolute atomic E-state index is 12.1. The van der Waals surface area contributed by atoms with Crippen molar-refractivity contribution in [3.05, 3.63) is 21.9 Å². The molecule has 1 aromatic rings. The van der Waals surface area contributed by atoms with Gasteiger partial charge in [0.05, 0.1) is 6.04 Å². The Morgan fingerprint density at radius 2 is 2.32 bits per heavy atom. The van der Waals surface area contributed by atoms with Crippen molar-refractivity contribution < 1.29 is 9.59 Å². The molecule has 2 amide bonds. The highest BCUT2D eigenvalue weighted by atomic mass is 32.1. The van der Waals surface area contributed by atoms with Crippen LogP contribution in [0.1, 0.15) is 42.2 Å². The Balaban J connectivity index is 1.70. The molecule has 1 aliphatic heterocycles. The zero-order valence-electron chi connectivity index (χ0n) is 10.4. The summed E-state index contributed by atoms with van der Waals surface area (Å²) in [5, 5.41) is 8.94. The molecule has 1 aliphatic carbocycles. The first kappa shape index (κ1) is 12.3. The summed E-state index contributed by atoms with van der Waals surface area (Å²) in [5.74, 6) is -0.293. The summed E-state index contributed by atoms with van der Waals surface area (Å²) in [6.45, 7) is 0. The van der Waals surface area contributed by atoms with Gasteiger partial charge < -0.3 is 5.32 Å². The zero-order valence-corrected chi connectivity index (χ0v) is 11.3. The van der Waals surface area contributed by atoms with Gasteiger partial charge in [-0.2, -0.15) is 5.10 Å². The van der Waals surface area contributed by atoms with E-state index in [1.54, 1.807) is 11.3 Å². The number of hydrogen-bond donors (Lipinski definition) is 2. The molecule has 1 atom stereocenters. The predicted octanol–water partition coefficient (Wildman–Crippen LogP) is 1.51. The minimum Gasteiger partial charge on any atom is -0.344 e. The number of hydrogen-bond acceptors (Lipinski definition) is 4. The van der Waals surface area contributed by atoms with Crippen molar-refractivity contribution in [2.24, 2.45) is 5.10 Å². The van der Waals surface area contributed by atoms with E-state index in [9.17, 15) is 9.59 Å². The van der Waals surface area contributed by atoms with Crippen molar-refractivity contribution in [3.63, 3.8) is 0 Å². The molecule has 1 unspecified atom stereocenters. The van der Waals surface area contributed by atoms with E-state index in [1.165, 1.54) is 10.4 Å². The van der Waals surface area contributed by atoms with Crippen LogP contribution in [0.25, 0.3) is 0 Å². The van der Waals surface area contributed by atoms with Crippen LogP contribution in [0.15, 0.2) is 16.5 Å². The quantitative estimate of drug-likeness (QED) is 0.860. The van der Waals surface area contributed by atoms with Crippen molar-refractivity contribution in [1.29, 1.82) is 0 Å². The summed E-state index contributed by atoms with van der Waals surface area (Å²) in [6, 6.07) is 2.18. The molecular formula is C13H15N3O2S. The van der Waals surface area contributed by atoms with Crippen molar-refractivity contribution in [2.75, 3.05) is 0 Å². The van der Waals surface area contributed by atoms with Gasteiger partial charge in [0.2, 0.25) is 5.91 Å². The van der Waals surface area contributed by atoms with E-state index in [0.717, 1.165) is 19.3 Å². The van der Waals surface area contributed by atoms with Gasteiger partial charge in [-0.15, -0.1) is 11.3 Å². The number of nitrogens with one attached hydrogen (secondary N) is 2. The summed E-state index contributed by atoms with van der Waals surface area (Å²) >= 11 is 1.75. The molecule has 2 heterocycles. The zero-order chi connectivity index (χ0) is 13.2. The van der Waals surface area contributed by atoms with Crippen molar-refractivity contribution in [3.8, 4) is 0 Å². The molecule has 2 aliphatic rings. The monoisotopic (exact) mass is 277 g/mol. The fraction of sp³-hybridized carbons (Fsp3) is 0.462. The molecular weight excluding hydrogens is 262 g/mol. The van der Waals surface area contributed by atoms with E-state index in [4.69, 9.17) is 0 Å². The standard InChI is InChI=1S/C13H15N3O2S/c17-12-5-4-10(15-16-12)13(18)14-9-2-1-3-11-8(9)6-7-19-11/h6-7,9H,1-5H2,(H,14,18)(H,16,17). The van der Waals surface area contributed by atoms with Gasteiger partial charge in [-0.05, 0) is 36.3 Å². The molecule has 0 bridgehead atoms. The van der Waals surface area contributed by atoms with E-state index in [2.05, 4.69) is 27.3 Å². The minimum atomic E-state index is -0.163. The van der Waals surface area contributed by atoms with Gasteiger partial charge >= 0.3 is 0 Å². The van der Waals surface area contributed by atoms with Gasteiger partial charge in [0, 0.05) is 17.7 Å². The molecule has 100 valence electrons. The predicted molar refractivity (Wildman–Crippen MR) is 73.0 cm³/mol. The fourth-order valence-electron chi connectivity index (χ4n) is 2.52. The number of amides is 2. The summed E-state index contributed by atoms with van der Waals surface area (Å²) in [6.07, 6.45) is 3.93. The van der Waals surface area contributed by atoms with E-state index in [0.29, 0.717) is 18.6 Å². The van der Waals surface area contributed by atoms with E-state index in [1.807, 2.05) is 0 Å². The number of rotatable bonds is 2. The Hall–Kier alpha value is -1.69. The Bertz CT molecular complexity index is 550. The molecule has 0 radical (unpaired) electrons. The molecule has 0 saturated carbocycles. The number of thiophene rings is 1. The molecule has 2 N–H and O–H groups in total. The lowest BCUT2D eigenvalue weighted by molar-refractivity contribution is -0.121. The number of nitrogens with zero attached hydrogens (tertiary/aromatic N) is 1. The van der Waals surface area contributed by atoms with Gasteiger partial charge in [0.25, 0.3) is 5.91 Å². The van der Waals surface area contributed by atoms with Gasteiger partial charge in [-0.1, -0.05) is 0 Å². The highest BCUT2D eigenvalue weighted by molar-refractivity contribution is 7.10. The SMILES string of the molecule is O=C1CCC(C(=O)NC2CCCc3sccc32)=NN1. The van der Waals surface area contributed by atoms with Crippen molar-refractivity contribution in [1.82, 2.24) is 10.7 Å². The third kappa shape index (κ3) is 2.53. The average Bonchev–Trinajstić information content (AvgIpc) is 2.89. The van der Waals surface area contributed by atoms with Crippen LogP contribution in [0.3, 0.4) is 0 Å². The molecule has 0 saturated heterocycles. The summed E-state index contributed by atoms with van der Waals surface area (Å²) in [7, 11) is 0. The second-order valence-electron chi connectivity index (χ2n) is 4.81. The maximum atomic E-state index is 12.1. The maximum Gasteiger partial charge on any atom is 0.267 e. The molecule has 6 heteroatoms. The summed E-state index contributed by atoms with van der Waals surface area (Å²) in [5.41, 5.74) is 4.01. The Labute approximate surface area is 115 Å². The van der Waals surface area contributed by atoms with Crippen LogP contribution in [0.5, 0.6) is 0 Å². The second kappa shape index (κ2) is 5.13. The average molecular weight is 277 g/mol. The van der Waals surface area contributed by atoms with E-state index < -0.39 is 0 Å². The topological polar surface area (TPSA) is 70.6 Å². The first-order valence-corrected chi connectivity index (χ1v) is 7.34. The lowest BCUT2D eigenvalue weighted by Gasteiger charge is -2.24. The number of aryl methyl sites for hydroxylation is 1. The van der Waals surface area contributed by atoms with Crippen molar-refractivity contribution >= 4 is 28.9 Å². The van der Waals surface area contributed by atoms with Crippen molar-refractivity contribution in [2.45, 2.75) is 38.1 Å². The lowest BCUT2D eigenvalue weighted by Crippen LogP contribution is -2.39. The second-order valence-corrected chi connectivity index (χ2v) is 5.81. The number of fused-ring (bicyclic) bond motifs is 1. The highest BCUT2D eigenvalue weighted by Gasteiger charge is 2.25. The van der Waals surface area contributed by atoms with Crippen LogP contribution in [0, 0.1) is 0 Å². The largest absolute Gasteiger partial charge is 0.344 e. The Kier molecular flexibility index (Phi) is 3.33. The fourth-order valence-corrected chi connectivity index (χ4v) is 3.50. The first-order chi connectivity index (χ1) is 9.24. The lowest BCUT2D eigenvalue weighted by atomic mass is 9.94. The van der Waals surface area contributed by atoms with Crippen LogP contribution in [-0.2, 0) is 16.0 Å². The molecule has 1 aromatic heterocycles. The molecule has 0 spiro atoms. The third-order valence-corrected chi connectivity index (χ3v) is 4.52. The number of hydrazone groups is 1. The van der Waals surface area contributed by atoms with Gasteiger partial charge in [-0.25, -0.2) is 5.43 Å².